The summed E-state index contributed by atoms with van der Waals surface area (Å²) in [6.07, 6.45) is 0. The third kappa shape index (κ3) is 4.70. The van der Waals surface area contributed by atoms with Crippen molar-refractivity contribution in [3.05, 3.63) is 58.9 Å². The molecule has 3 rings (SSSR count). The third-order valence-corrected chi connectivity index (χ3v) is 4.66. The first kappa shape index (κ1) is 22.3. The molecule has 1 N–H and O–H groups in total. The lowest BCUT2D eigenvalue weighted by Crippen LogP contribution is -2.28. The number of aromatic nitrogens is 1. The van der Waals surface area contributed by atoms with Gasteiger partial charge in [0, 0.05) is 16.5 Å². The van der Waals surface area contributed by atoms with Crippen molar-refractivity contribution in [2.75, 3.05) is 7.11 Å². The molecule has 10 heteroatoms. The number of nitrogens with one attached hydrogen (secondary N) is 1. The van der Waals surface area contributed by atoms with Gasteiger partial charge in [-0.2, -0.15) is 21.6 Å². The first-order valence-corrected chi connectivity index (χ1v) is 9.84. The van der Waals surface area contributed by atoms with Gasteiger partial charge in [0.05, 0.1) is 7.11 Å². The van der Waals surface area contributed by atoms with Crippen LogP contribution in [0.1, 0.15) is 13.8 Å². The second-order valence-electron chi connectivity index (χ2n) is 5.45. The lowest BCUT2D eigenvalue weighted by Gasteiger charge is -2.14. The van der Waals surface area contributed by atoms with Gasteiger partial charge >= 0.3 is 15.6 Å². The van der Waals surface area contributed by atoms with Gasteiger partial charge in [-0.1, -0.05) is 44.2 Å². The maximum Gasteiger partial charge on any atom is 0.534 e. The van der Waals surface area contributed by atoms with Gasteiger partial charge in [0.1, 0.15) is 0 Å². The van der Waals surface area contributed by atoms with Crippen molar-refractivity contribution in [2.24, 2.45) is 0 Å². The summed E-state index contributed by atoms with van der Waals surface area (Å²) in [5.74, 6) is -0.611. The van der Waals surface area contributed by atoms with E-state index in [1.807, 2.05) is 13.8 Å². The number of alkyl halides is 3. The van der Waals surface area contributed by atoms with Crippen LogP contribution in [0.15, 0.2) is 53.3 Å². The highest BCUT2D eigenvalue weighted by Gasteiger charge is 2.48. The molecule has 1 aromatic heterocycles. The number of pyridine rings is 1. The van der Waals surface area contributed by atoms with Crippen LogP contribution >= 0.6 is 0 Å². The predicted octanol–water partition coefficient (Wildman–Crippen LogP) is 4.46. The highest BCUT2D eigenvalue weighted by Crippen LogP contribution is 2.37. The van der Waals surface area contributed by atoms with E-state index in [9.17, 15) is 26.4 Å². The molecule has 29 heavy (non-hydrogen) atoms. The Morgan fingerprint density at radius 1 is 0.966 bits per heavy atom. The first-order valence-electron chi connectivity index (χ1n) is 8.43. The molecule has 3 aromatic rings. The van der Waals surface area contributed by atoms with E-state index in [-0.39, 0.29) is 22.2 Å². The zero-order valence-corrected chi connectivity index (χ0v) is 16.5. The summed E-state index contributed by atoms with van der Waals surface area (Å²) >= 11 is 0. The second-order valence-corrected chi connectivity index (χ2v) is 6.99. The Balaban J connectivity index is 0.00000145. The van der Waals surface area contributed by atoms with Gasteiger partial charge in [-0.15, -0.1) is 0 Å². The summed E-state index contributed by atoms with van der Waals surface area (Å²) in [6.45, 7) is 4.00. The van der Waals surface area contributed by atoms with Crippen LogP contribution < -0.4 is 14.5 Å². The van der Waals surface area contributed by atoms with Crippen LogP contribution in [0, 0.1) is 0 Å². The molecule has 0 spiro atoms. The molecule has 1 heterocycles. The Labute approximate surface area is 165 Å². The number of halogens is 3. The summed E-state index contributed by atoms with van der Waals surface area (Å²) in [5, 5.41) is 0.235. The zero-order valence-electron chi connectivity index (χ0n) is 15.7. The number of aromatic amines is 1. The Hall–Kier alpha value is -3.01. The largest absolute Gasteiger partial charge is 0.534 e. The minimum Gasteiger partial charge on any atom is -0.491 e. The molecule has 0 amide bonds. The minimum absolute atomic E-state index is 0.0664. The topological polar surface area (TPSA) is 85.5 Å². The van der Waals surface area contributed by atoms with Crippen LogP contribution in [0.3, 0.4) is 0 Å². The van der Waals surface area contributed by atoms with Crippen LogP contribution in [0.2, 0.25) is 0 Å². The number of H-pyrrole nitrogens is 1. The number of ether oxygens (including phenoxy) is 1. The fourth-order valence-corrected chi connectivity index (χ4v) is 2.91. The van der Waals surface area contributed by atoms with Crippen molar-refractivity contribution < 1.29 is 30.5 Å². The maximum atomic E-state index is 12.8. The molecule has 0 fully saturated rings. The SMILES string of the molecule is CC.COc1cc2cc(OS(=O)(=O)C(F)(F)F)c(-c3ccccc3)cc2[nH]c1=O. The van der Waals surface area contributed by atoms with Crippen molar-refractivity contribution in [2.45, 2.75) is 19.4 Å². The third-order valence-electron chi connectivity index (χ3n) is 3.70. The van der Waals surface area contributed by atoms with E-state index in [1.165, 1.54) is 19.2 Å². The van der Waals surface area contributed by atoms with E-state index < -0.39 is 26.9 Å². The van der Waals surface area contributed by atoms with Crippen LogP contribution in [-0.4, -0.2) is 26.0 Å². The lowest BCUT2D eigenvalue weighted by molar-refractivity contribution is -0.0499. The molecule has 0 aliphatic carbocycles. The summed E-state index contributed by atoms with van der Waals surface area (Å²) in [6, 6.07) is 11.8. The molecule has 0 atom stereocenters. The summed E-state index contributed by atoms with van der Waals surface area (Å²) in [5.41, 5.74) is -5.38. The number of methoxy groups -OCH3 is 1. The van der Waals surface area contributed by atoms with E-state index in [0.717, 1.165) is 6.07 Å². The van der Waals surface area contributed by atoms with Gasteiger partial charge in [0.15, 0.2) is 11.5 Å². The number of benzene rings is 2. The average molecular weight is 429 g/mol. The van der Waals surface area contributed by atoms with E-state index in [4.69, 9.17) is 4.74 Å². The van der Waals surface area contributed by atoms with Gasteiger partial charge < -0.3 is 13.9 Å². The van der Waals surface area contributed by atoms with Crippen molar-refractivity contribution in [3.8, 4) is 22.6 Å². The van der Waals surface area contributed by atoms with E-state index >= 15 is 0 Å². The maximum absolute atomic E-state index is 12.8. The zero-order chi connectivity index (χ0) is 21.8. The predicted molar refractivity (Wildman–Crippen MR) is 104 cm³/mol. The number of hydrogen-bond donors (Lipinski definition) is 1. The molecule has 0 saturated carbocycles. The fraction of sp³-hybridized carbons (Fsp3) is 0.211. The summed E-state index contributed by atoms with van der Waals surface area (Å²) in [7, 11) is -4.63. The first-order chi connectivity index (χ1) is 13.6. The average Bonchev–Trinajstić information content (AvgIpc) is 2.68. The summed E-state index contributed by atoms with van der Waals surface area (Å²) < 4.78 is 70.5. The van der Waals surface area contributed by atoms with E-state index in [0.29, 0.717) is 5.56 Å². The van der Waals surface area contributed by atoms with Crippen molar-refractivity contribution in [1.82, 2.24) is 4.98 Å². The fourth-order valence-electron chi connectivity index (χ4n) is 2.44. The quantitative estimate of drug-likeness (QED) is 0.489. The smallest absolute Gasteiger partial charge is 0.491 e. The van der Waals surface area contributed by atoms with Crippen LogP contribution in [-0.2, 0) is 10.1 Å². The van der Waals surface area contributed by atoms with Crippen molar-refractivity contribution >= 4 is 21.0 Å². The molecule has 6 nitrogen and oxygen atoms in total. The second kappa shape index (κ2) is 8.56. The molecule has 156 valence electrons. The van der Waals surface area contributed by atoms with Crippen LogP contribution in [0.4, 0.5) is 13.2 Å². The molecule has 0 radical (unpaired) electrons. The summed E-state index contributed by atoms with van der Waals surface area (Å²) in [4.78, 5) is 14.4. The molecule has 0 bridgehead atoms. The van der Waals surface area contributed by atoms with Gasteiger partial charge in [-0.25, -0.2) is 0 Å². The van der Waals surface area contributed by atoms with Crippen molar-refractivity contribution in [1.29, 1.82) is 0 Å². The molecule has 0 aliphatic rings. The number of fused-ring (bicyclic) bond motifs is 1. The highest BCUT2D eigenvalue weighted by molar-refractivity contribution is 7.88. The minimum atomic E-state index is -5.88. The molecule has 0 unspecified atom stereocenters. The molecule has 2 aromatic carbocycles. The Morgan fingerprint density at radius 3 is 2.10 bits per heavy atom. The highest BCUT2D eigenvalue weighted by atomic mass is 32.2. The van der Waals surface area contributed by atoms with Gasteiger partial charge in [0.25, 0.3) is 5.56 Å². The lowest BCUT2D eigenvalue weighted by atomic mass is 10.0. The normalized spacial score (nSPS) is 11.5. The van der Waals surface area contributed by atoms with Gasteiger partial charge in [0.2, 0.25) is 0 Å². The van der Waals surface area contributed by atoms with Crippen LogP contribution in [0.25, 0.3) is 22.0 Å². The van der Waals surface area contributed by atoms with Gasteiger partial charge in [-0.3, -0.25) is 4.79 Å². The number of rotatable bonds is 4. The number of hydrogen-bond acceptors (Lipinski definition) is 5. The van der Waals surface area contributed by atoms with Gasteiger partial charge in [-0.05, 0) is 23.8 Å². The molecular weight excluding hydrogens is 411 g/mol. The Morgan fingerprint density at radius 2 is 1.55 bits per heavy atom. The molecule has 0 aliphatic heterocycles. The van der Waals surface area contributed by atoms with E-state index in [2.05, 4.69) is 9.17 Å². The monoisotopic (exact) mass is 429 g/mol. The Bertz CT molecular complexity index is 1160. The molecule has 0 saturated heterocycles. The van der Waals surface area contributed by atoms with Crippen LogP contribution in [0.5, 0.6) is 11.5 Å². The van der Waals surface area contributed by atoms with Crippen molar-refractivity contribution in [3.63, 3.8) is 0 Å². The van der Waals surface area contributed by atoms with E-state index in [1.54, 1.807) is 30.3 Å². The standard InChI is InChI=1S/C17H12F3NO5S.C2H6/c1-25-15-8-11-7-14(26-27(23,24)17(18,19)20)12(9-13(11)21-16(15)22)10-5-3-2-4-6-10;1-2/h2-9H,1H3,(H,21,22);1-2H3. The Kier molecular flexibility index (Phi) is 6.58. The molecular formula is C19H18F3NO5S.